The largest absolute Gasteiger partial charge is 0.290 e. The van der Waals surface area contributed by atoms with Gasteiger partial charge in [-0.1, -0.05) is 19.1 Å². The fourth-order valence-corrected chi connectivity index (χ4v) is 2.27. The molecule has 4 nitrogen and oxygen atoms in total. The summed E-state index contributed by atoms with van der Waals surface area (Å²) in [7, 11) is 0. The van der Waals surface area contributed by atoms with Gasteiger partial charge >= 0.3 is 0 Å². The van der Waals surface area contributed by atoms with Crippen LogP contribution < -0.4 is 5.32 Å². The van der Waals surface area contributed by atoms with E-state index in [9.17, 15) is 4.79 Å². The minimum atomic E-state index is -0.183. The van der Waals surface area contributed by atoms with E-state index in [1.165, 1.54) is 0 Å². The molecule has 1 heterocycles. The number of carbonyl (C=O) groups is 1. The normalized spacial score (nSPS) is 10.1. The third kappa shape index (κ3) is 3.07. The van der Waals surface area contributed by atoms with Crippen LogP contribution in [0.5, 0.6) is 0 Å². The monoisotopic (exact) mass is 259 g/mol. The van der Waals surface area contributed by atoms with Crippen molar-refractivity contribution in [1.29, 1.82) is 0 Å². The molecule has 1 amide bonds. The van der Waals surface area contributed by atoms with Crippen molar-refractivity contribution < 1.29 is 4.79 Å². The highest BCUT2D eigenvalue weighted by molar-refractivity contribution is 7.99. The van der Waals surface area contributed by atoms with E-state index in [2.05, 4.69) is 22.2 Å². The first-order valence-corrected chi connectivity index (χ1v) is 6.60. The summed E-state index contributed by atoms with van der Waals surface area (Å²) < 4.78 is 0. The van der Waals surface area contributed by atoms with E-state index in [4.69, 9.17) is 0 Å². The molecule has 1 aromatic carbocycles. The number of benzene rings is 1. The average Bonchev–Trinajstić information content (AvgIpc) is 2.41. The summed E-state index contributed by atoms with van der Waals surface area (Å²) in [6, 6.07) is 9.22. The van der Waals surface area contributed by atoms with Gasteiger partial charge in [0.15, 0.2) is 0 Å². The molecule has 0 fully saturated rings. The van der Waals surface area contributed by atoms with E-state index in [-0.39, 0.29) is 5.91 Å². The zero-order chi connectivity index (χ0) is 12.8. The highest BCUT2D eigenvalue weighted by Gasteiger charge is 2.11. The van der Waals surface area contributed by atoms with Gasteiger partial charge in [-0.2, -0.15) is 0 Å². The Morgan fingerprint density at radius 3 is 2.67 bits per heavy atom. The zero-order valence-electron chi connectivity index (χ0n) is 9.96. The topological polar surface area (TPSA) is 54.9 Å². The average molecular weight is 259 g/mol. The SMILES string of the molecule is CCSc1ccccc1C(=O)Nc1ncccn1. The molecule has 18 heavy (non-hydrogen) atoms. The van der Waals surface area contributed by atoms with Gasteiger partial charge in [0.2, 0.25) is 5.95 Å². The van der Waals surface area contributed by atoms with Crippen LogP contribution in [0.15, 0.2) is 47.6 Å². The van der Waals surface area contributed by atoms with Gasteiger partial charge in [0, 0.05) is 17.3 Å². The Kier molecular flexibility index (Phi) is 4.30. The number of anilines is 1. The summed E-state index contributed by atoms with van der Waals surface area (Å²) in [5.74, 6) is 1.06. The number of hydrogen-bond donors (Lipinski definition) is 1. The summed E-state index contributed by atoms with van der Waals surface area (Å²) in [5, 5.41) is 2.68. The third-order valence-electron chi connectivity index (χ3n) is 2.22. The quantitative estimate of drug-likeness (QED) is 0.858. The second-order valence-electron chi connectivity index (χ2n) is 3.46. The Hall–Kier alpha value is -1.88. The smallest absolute Gasteiger partial charge is 0.259 e. The Bertz CT molecular complexity index is 531. The molecule has 0 atom stereocenters. The molecular formula is C13H13N3OS. The van der Waals surface area contributed by atoms with Gasteiger partial charge in [-0.3, -0.25) is 10.1 Å². The Morgan fingerprint density at radius 1 is 1.22 bits per heavy atom. The molecule has 0 aliphatic heterocycles. The van der Waals surface area contributed by atoms with E-state index in [0.29, 0.717) is 11.5 Å². The molecule has 1 aromatic heterocycles. The fourth-order valence-electron chi connectivity index (χ4n) is 1.47. The lowest BCUT2D eigenvalue weighted by molar-refractivity contribution is 0.102. The van der Waals surface area contributed by atoms with Crippen LogP contribution in [0.25, 0.3) is 0 Å². The van der Waals surface area contributed by atoms with Crippen molar-refractivity contribution in [3.8, 4) is 0 Å². The minimum Gasteiger partial charge on any atom is -0.290 e. The van der Waals surface area contributed by atoms with E-state index < -0.39 is 0 Å². The maximum atomic E-state index is 12.1. The van der Waals surface area contributed by atoms with E-state index in [1.54, 1.807) is 36.3 Å². The van der Waals surface area contributed by atoms with Crippen LogP contribution >= 0.6 is 11.8 Å². The molecular weight excluding hydrogens is 246 g/mol. The zero-order valence-corrected chi connectivity index (χ0v) is 10.8. The summed E-state index contributed by atoms with van der Waals surface area (Å²) in [6.45, 7) is 2.06. The minimum absolute atomic E-state index is 0.183. The summed E-state index contributed by atoms with van der Waals surface area (Å²) in [4.78, 5) is 21.0. The molecule has 0 saturated heterocycles. The van der Waals surface area contributed by atoms with Gasteiger partial charge in [0.25, 0.3) is 5.91 Å². The first-order chi connectivity index (χ1) is 8.81. The molecule has 0 radical (unpaired) electrons. The van der Waals surface area contributed by atoms with Crippen LogP contribution in [0, 0.1) is 0 Å². The van der Waals surface area contributed by atoms with Crippen LogP contribution in [-0.2, 0) is 0 Å². The standard InChI is InChI=1S/C13H13N3OS/c1-2-18-11-7-4-3-6-10(11)12(17)16-13-14-8-5-9-15-13/h3-9H,2H2,1H3,(H,14,15,16,17). The van der Waals surface area contributed by atoms with Crippen molar-refractivity contribution in [1.82, 2.24) is 9.97 Å². The van der Waals surface area contributed by atoms with Crippen molar-refractivity contribution in [2.24, 2.45) is 0 Å². The molecule has 0 spiro atoms. The van der Waals surface area contributed by atoms with Crippen molar-refractivity contribution in [3.63, 3.8) is 0 Å². The van der Waals surface area contributed by atoms with Crippen LogP contribution in [0.2, 0.25) is 0 Å². The highest BCUT2D eigenvalue weighted by Crippen LogP contribution is 2.22. The third-order valence-corrected chi connectivity index (χ3v) is 3.18. The molecule has 2 aromatic rings. The number of hydrogen-bond acceptors (Lipinski definition) is 4. The molecule has 0 aliphatic rings. The first-order valence-electron chi connectivity index (χ1n) is 5.61. The number of rotatable bonds is 4. The highest BCUT2D eigenvalue weighted by atomic mass is 32.2. The van der Waals surface area contributed by atoms with Gasteiger partial charge in [-0.05, 0) is 24.0 Å². The molecule has 2 rings (SSSR count). The second kappa shape index (κ2) is 6.16. The predicted octanol–water partition coefficient (Wildman–Crippen LogP) is 2.84. The number of amides is 1. The molecule has 92 valence electrons. The van der Waals surface area contributed by atoms with Gasteiger partial charge in [0.1, 0.15) is 0 Å². The van der Waals surface area contributed by atoms with Crippen molar-refractivity contribution in [2.45, 2.75) is 11.8 Å². The fraction of sp³-hybridized carbons (Fsp3) is 0.154. The number of nitrogens with zero attached hydrogens (tertiary/aromatic N) is 2. The van der Waals surface area contributed by atoms with Crippen molar-refractivity contribution in [2.75, 3.05) is 11.1 Å². The summed E-state index contributed by atoms with van der Waals surface area (Å²) in [5.41, 5.74) is 0.650. The van der Waals surface area contributed by atoms with Gasteiger partial charge in [0.05, 0.1) is 5.56 Å². The maximum absolute atomic E-state index is 12.1. The number of nitrogens with one attached hydrogen (secondary N) is 1. The molecule has 1 N–H and O–H groups in total. The van der Waals surface area contributed by atoms with Crippen molar-refractivity contribution in [3.05, 3.63) is 48.3 Å². The lowest BCUT2D eigenvalue weighted by Gasteiger charge is -2.07. The van der Waals surface area contributed by atoms with Gasteiger partial charge in [-0.25, -0.2) is 9.97 Å². The Balaban J connectivity index is 2.19. The lowest BCUT2D eigenvalue weighted by atomic mass is 10.2. The predicted molar refractivity (Wildman–Crippen MR) is 72.8 cm³/mol. The second-order valence-corrected chi connectivity index (χ2v) is 4.76. The van der Waals surface area contributed by atoms with E-state index in [0.717, 1.165) is 10.6 Å². The van der Waals surface area contributed by atoms with Crippen molar-refractivity contribution >= 4 is 23.6 Å². The number of carbonyl (C=O) groups excluding carboxylic acids is 1. The van der Waals surface area contributed by atoms with Crippen LogP contribution in [-0.4, -0.2) is 21.6 Å². The lowest BCUT2D eigenvalue weighted by Crippen LogP contribution is -2.14. The molecule has 5 heteroatoms. The molecule has 0 aliphatic carbocycles. The molecule has 0 unspecified atom stereocenters. The maximum Gasteiger partial charge on any atom is 0.259 e. The summed E-state index contributed by atoms with van der Waals surface area (Å²) in [6.07, 6.45) is 3.19. The first kappa shape index (κ1) is 12.6. The van der Waals surface area contributed by atoms with Crippen LogP contribution in [0.3, 0.4) is 0 Å². The van der Waals surface area contributed by atoms with E-state index in [1.807, 2.05) is 18.2 Å². The molecule has 0 saturated carbocycles. The number of aromatic nitrogens is 2. The van der Waals surface area contributed by atoms with Crippen LogP contribution in [0.1, 0.15) is 17.3 Å². The number of thioether (sulfide) groups is 1. The Labute approximate surface area is 110 Å². The Morgan fingerprint density at radius 2 is 1.94 bits per heavy atom. The van der Waals surface area contributed by atoms with E-state index >= 15 is 0 Å². The summed E-state index contributed by atoms with van der Waals surface area (Å²) >= 11 is 1.64. The molecule has 0 bridgehead atoms. The van der Waals surface area contributed by atoms with Gasteiger partial charge in [-0.15, -0.1) is 11.8 Å². The van der Waals surface area contributed by atoms with Crippen LogP contribution in [0.4, 0.5) is 5.95 Å². The van der Waals surface area contributed by atoms with Gasteiger partial charge < -0.3 is 0 Å².